The zero-order valence-corrected chi connectivity index (χ0v) is 12.1. The van der Waals surface area contributed by atoms with E-state index in [2.05, 4.69) is 10.3 Å². The first-order valence-electron chi connectivity index (χ1n) is 6.82. The first-order chi connectivity index (χ1) is 10.2. The Balaban J connectivity index is 2.31. The second-order valence-electron chi connectivity index (χ2n) is 4.62. The highest BCUT2D eigenvalue weighted by molar-refractivity contribution is 5.32. The van der Waals surface area contributed by atoms with Crippen molar-refractivity contribution in [2.75, 3.05) is 13.7 Å². The number of nitrogens with zero attached hydrogens (tertiary/aromatic N) is 1. The summed E-state index contributed by atoms with van der Waals surface area (Å²) in [5.74, 6) is -0.629. The lowest BCUT2D eigenvalue weighted by Gasteiger charge is -2.18. The molecule has 1 aromatic carbocycles. The van der Waals surface area contributed by atoms with Gasteiger partial charge in [-0.2, -0.15) is 0 Å². The molecule has 0 aliphatic rings. The molecule has 0 saturated carbocycles. The van der Waals surface area contributed by atoms with E-state index < -0.39 is 17.7 Å². The highest BCUT2D eigenvalue weighted by Crippen LogP contribution is 2.25. The number of likely N-dealkylation sites (N-methyl/N-ethyl adjacent to an activating group) is 1. The smallest absolute Gasteiger partial charge is 0.168 e. The molecular formula is C16H18F2N2O. The van der Waals surface area contributed by atoms with Crippen molar-refractivity contribution in [1.29, 1.82) is 0 Å². The van der Waals surface area contributed by atoms with E-state index in [-0.39, 0.29) is 5.75 Å². The number of nitrogens with one attached hydrogen (secondary N) is 1. The second-order valence-corrected chi connectivity index (χ2v) is 4.62. The van der Waals surface area contributed by atoms with E-state index in [4.69, 9.17) is 4.74 Å². The van der Waals surface area contributed by atoms with Crippen LogP contribution in [0.4, 0.5) is 8.78 Å². The van der Waals surface area contributed by atoms with Crippen molar-refractivity contribution in [1.82, 2.24) is 10.3 Å². The highest BCUT2D eigenvalue weighted by atomic mass is 19.1. The SMILES string of the molecule is CCNC(Cc1cccc(OC)c1F)c1ncccc1F. The summed E-state index contributed by atoms with van der Waals surface area (Å²) in [6, 6.07) is 7.45. The maximum Gasteiger partial charge on any atom is 0.168 e. The van der Waals surface area contributed by atoms with Gasteiger partial charge in [0.25, 0.3) is 0 Å². The maximum atomic E-state index is 14.2. The maximum absolute atomic E-state index is 14.2. The number of methoxy groups -OCH3 is 1. The lowest BCUT2D eigenvalue weighted by atomic mass is 10.0. The molecule has 2 rings (SSSR count). The van der Waals surface area contributed by atoms with Gasteiger partial charge in [0.05, 0.1) is 18.8 Å². The van der Waals surface area contributed by atoms with Gasteiger partial charge >= 0.3 is 0 Å². The van der Waals surface area contributed by atoms with Crippen molar-refractivity contribution in [3.8, 4) is 5.75 Å². The van der Waals surface area contributed by atoms with Gasteiger partial charge < -0.3 is 10.1 Å². The zero-order chi connectivity index (χ0) is 15.2. The largest absolute Gasteiger partial charge is 0.494 e. The van der Waals surface area contributed by atoms with E-state index in [1.165, 1.54) is 25.4 Å². The third kappa shape index (κ3) is 3.55. The van der Waals surface area contributed by atoms with Crippen LogP contribution in [0.5, 0.6) is 5.75 Å². The molecule has 0 saturated heterocycles. The van der Waals surface area contributed by atoms with Crippen molar-refractivity contribution in [3.05, 3.63) is 59.4 Å². The topological polar surface area (TPSA) is 34.1 Å². The first kappa shape index (κ1) is 15.4. The Morgan fingerprint density at radius 3 is 2.71 bits per heavy atom. The van der Waals surface area contributed by atoms with E-state index in [0.29, 0.717) is 24.2 Å². The average molecular weight is 292 g/mol. The third-order valence-corrected chi connectivity index (χ3v) is 3.25. The molecule has 1 atom stereocenters. The Kier molecular flexibility index (Phi) is 5.22. The van der Waals surface area contributed by atoms with Crippen LogP contribution in [0.2, 0.25) is 0 Å². The van der Waals surface area contributed by atoms with Crippen LogP contribution in [0.1, 0.15) is 24.2 Å². The van der Waals surface area contributed by atoms with E-state index in [1.54, 1.807) is 18.2 Å². The minimum atomic E-state index is -0.417. The van der Waals surface area contributed by atoms with Gasteiger partial charge in [-0.15, -0.1) is 0 Å². The standard InChI is InChI=1S/C16H18F2N2O/c1-3-19-13(16-12(17)7-5-9-20-16)10-11-6-4-8-14(21-2)15(11)18/h4-9,13,19H,3,10H2,1-2H3. The van der Waals surface area contributed by atoms with Crippen LogP contribution >= 0.6 is 0 Å². The van der Waals surface area contributed by atoms with Crippen LogP contribution in [-0.2, 0) is 6.42 Å². The molecule has 21 heavy (non-hydrogen) atoms. The molecule has 0 spiro atoms. The quantitative estimate of drug-likeness (QED) is 0.887. The van der Waals surface area contributed by atoms with Crippen molar-refractivity contribution < 1.29 is 13.5 Å². The summed E-state index contributed by atoms with van der Waals surface area (Å²) in [6.07, 6.45) is 1.83. The van der Waals surface area contributed by atoms with Gasteiger partial charge in [0.1, 0.15) is 5.82 Å². The van der Waals surface area contributed by atoms with Gasteiger partial charge in [-0.3, -0.25) is 4.98 Å². The number of benzene rings is 1. The molecule has 1 unspecified atom stereocenters. The van der Waals surface area contributed by atoms with E-state index >= 15 is 0 Å². The van der Waals surface area contributed by atoms with Gasteiger partial charge in [-0.1, -0.05) is 19.1 Å². The number of rotatable bonds is 6. The fraction of sp³-hybridized carbons (Fsp3) is 0.312. The summed E-state index contributed by atoms with van der Waals surface area (Å²) in [5.41, 5.74) is 0.756. The molecule has 0 bridgehead atoms. The van der Waals surface area contributed by atoms with Crippen molar-refractivity contribution in [2.24, 2.45) is 0 Å². The molecule has 0 fully saturated rings. The fourth-order valence-electron chi connectivity index (χ4n) is 2.26. The van der Waals surface area contributed by atoms with Crippen LogP contribution in [0, 0.1) is 11.6 Å². The predicted molar refractivity (Wildman–Crippen MR) is 77.3 cm³/mol. The number of hydrogen-bond donors (Lipinski definition) is 1. The summed E-state index contributed by atoms with van der Waals surface area (Å²) in [5, 5.41) is 3.14. The Labute approximate surface area is 123 Å². The minimum Gasteiger partial charge on any atom is -0.494 e. The third-order valence-electron chi connectivity index (χ3n) is 3.25. The summed E-state index contributed by atoms with van der Waals surface area (Å²) >= 11 is 0. The van der Waals surface area contributed by atoms with E-state index in [1.807, 2.05) is 6.92 Å². The lowest BCUT2D eigenvalue weighted by molar-refractivity contribution is 0.382. The number of ether oxygens (including phenoxy) is 1. The summed E-state index contributed by atoms with van der Waals surface area (Å²) in [6.45, 7) is 2.54. The molecule has 0 aliphatic carbocycles. The van der Waals surface area contributed by atoms with Gasteiger partial charge in [0, 0.05) is 6.20 Å². The molecule has 1 heterocycles. The fourth-order valence-corrected chi connectivity index (χ4v) is 2.26. The van der Waals surface area contributed by atoms with Gasteiger partial charge in [-0.05, 0) is 36.7 Å². The molecule has 0 aliphatic heterocycles. The van der Waals surface area contributed by atoms with Crippen molar-refractivity contribution in [2.45, 2.75) is 19.4 Å². The molecule has 112 valence electrons. The molecular weight excluding hydrogens is 274 g/mol. The lowest BCUT2D eigenvalue weighted by Crippen LogP contribution is -2.25. The molecule has 2 aromatic rings. The Morgan fingerprint density at radius 2 is 2.05 bits per heavy atom. The van der Waals surface area contributed by atoms with Crippen LogP contribution < -0.4 is 10.1 Å². The Hall–Kier alpha value is -2.01. The number of hydrogen-bond acceptors (Lipinski definition) is 3. The molecule has 1 aromatic heterocycles. The molecule has 3 nitrogen and oxygen atoms in total. The van der Waals surface area contributed by atoms with Crippen LogP contribution in [0.15, 0.2) is 36.5 Å². The summed E-state index contributed by atoms with van der Waals surface area (Å²) in [7, 11) is 1.42. The Morgan fingerprint density at radius 1 is 1.24 bits per heavy atom. The van der Waals surface area contributed by atoms with Crippen LogP contribution in [0.3, 0.4) is 0 Å². The zero-order valence-electron chi connectivity index (χ0n) is 12.1. The second kappa shape index (κ2) is 7.13. The van der Waals surface area contributed by atoms with Crippen molar-refractivity contribution in [3.63, 3.8) is 0 Å². The average Bonchev–Trinajstić information content (AvgIpc) is 2.49. The molecule has 5 heteroatoms. The van der Waals surface area contributed by atoms with Gasteiger partial charge in [0.2, 0.25) is 0 Å². The van der Waals surface area contributed by atoms with Crippen LogP contribution in [-0.4, -0.2) is 18.6 Å². The van der Waals surface area contributed by atoms with Gasteiger partial charge in [-0.25, -0.2) is 8.78 Å². The van der Waals surface area contributed by atoms with Crippen LogP contribution in [0.25, 0.3) is 0 Å². The van der Waals surface area contributed by atoms with E-state index in [0.717, 1.165) is 0 Å². The highest BCUT2D eigenvalue weighted by Gasteiger charge is 2.19. The monoisotopic (exact) mass is 292 g/mol. The van der Waals surface area contributed by atoms with E-state index in [9.17, 15) is 8.78 Å². The molecule has 1 N–H and O–H groups in total. The Bertz CT molecular complexity index is 605. The summed E-state index contributed by atoms with van der Waals surface area (Å²) < 4.78 is 33.1. The normalized spacial score (nSPS) is 12.2. The number of aromatic nitrogens is 1. The molecule has 0 amide bonds. The first-order valence-corrected chi connectivity index (χ1v) is 6.82. The minimum absolute atomic E-state index is 0.184. The predicted octanol–water partition coefficient (Wildman–Crippen LogP) is 3.26. The van der Waals surface area contributed by atoms with Crippen molar-refractivity contribution >= 4 is 0 Å². The summed E-state index contributed by atoms with van der Waals surface area (Å²) in [4.78, 5) is 4.07. The molecule has 0 radical (unpaired) electrons. The number of pyridine rings is 1. The number of halogens is 2. The van der Waals surface area contributed by atoms with Gasteiger partial charge in [0.15, 0.2) is 11.6 Å².